The topological polar surface area (TPSA) is 30.0 Å². The van der Waals surface area contributed by atoms with Gasteiger partial charge in [0, 0.05) is 23.6 Å². The van der Waals surface area contributed by atoms with Crippen molar-refractivity contribution in [2.75, 3.05) is 5.75 Å². The summed E-state index contributed by atoms with van der Waals surface area (Å²) in [6.07, 6.45) is 11.5. The van der Waals surface area contributed by atoms with Crippen LogP contribution < -0.4 is 0 Å². The van der Waals surface area contributed by atoms with Crippen molar-refractivity contribution < 1.29 is 4.79 Å². The molecule has 1 aromatic heterocycles. The average molecular weight is 301 g/mol. The first-order valence-electron chi connectivity index (χ1n) is 8.23. The molecule has 0 radical (unpaired) electrons. The molecule has 0 aliphatic heterocycles. The second-order valence-corrected chi connectivity index (χ2v) is 8.45. The smallest absolute Gasteiger partial charge is 0.148 e. The monoisotopic (exact) mass is 301 g/mol. The quantitative estimate of drug-likeness (QED) is 0.820. The summed E-state index contributed by atoms with van der Waals surface area (Å²) in [5.74, 6) is 4.79. The Morgan fingerprint density at radius 1 is 1.10 bits per heavy atom. The molecule has 4 aliphatic rings. The van der Waals surface area contributed by atoms with E-state index in [0.29, 0.717) is 11.5 Å². The maximum absolute atomic E-state index is 12.9. The Kier molecular flexibility index (Phi) is 3.56. The Hall–Kier alpha value is -0.830. The molecule has 21 heavy (non-hydrogen) atoms. The molecular formula is C18H23NOS. The van der Waals surface area contributed by atoms with Gasteiger partial charge in [-0.3, -0.25) is 9.78 Å². The molecule has 4 bridgehead atoms. The Labute approximate surface area is 131 Å². The van der Waals surface area contributed by atoms with Gasteiger partial charge in [0.2, 0.25) is 0 Å². The van der Waals surface area contributed by atoms with Crippen LogP contribution in [0.3, 0.4) is 0 Å². The van der Waals surface area contributed by atoms with Gasteiger partial charge in [-0.25, -0.2) is 0 Å². The highest BCUT2D eigenvalue weighted by atomic mass is 32.2. The van der Waals surface area contributed by atoms with Crippen molar-refractivity contribution in [2.45, 2.75) is 44.3 Å². The van der Waals surface area contributed by atoms with Crippen molar-refractivity contribution >= 4 is 17.5 Å². The first-order chi connectivity index (χ1) is 10.2. The lowest BCUT2D eigenvalue weighted by Gasteiger charge is -2.56. The van der Waals surface area contributed by atoms with Crippen LogP contribution in [0.4, 0.5) is 0 Å². The number of aromatic nitrogens is 1. The molecular weight excluding hydrogens is 278 g/mol. The number of Topliss-reactive ketones (excluding diaryl/α,β-unsaturated/α-hetero) is 1. The third-order valence-electron chi connectivity index (χ3n) is 5.88. The normalized spacial score (nSPS) is 36.9. The molecule has 1 heterocycles. The summed E-state index contributed by atoms with van der Waals surface area (Å²) in [5.41, 5.74) is 1.35. The SMILES string of the molecule is O=C(CSCc1ccncc1)C12CC3CC(CC(C3)C1)C2. The van der Waals surface area contributed by atoms with Crippen molar-refractivity contribution in [3.8, 4) is 0 Å². The second kappa shape index (κ2) is 5.42. The van der Waals surface area contributed by atoms with E-state index in [2.05, 4.69) is 4.98 Å². The van der Waals surface area contributed by atoms with Gasteiger partial charge in [0.05, 0.1) is 5.75 Å². The molecule has 112 valence electrons. The predicted octanol–water partition coefficient (Wildman–Crippen LogP) is 4.10. The minimum absolute atomic E-state index is 0.0833. The summed E-state index contributed by atoms with van der Waals surface area (Å²) >= 11 is 1.79. The number of thioether (sulfide) groups is 1. The van der Waals surface area contributed by atoms with E-state index in [1.165, 1.54) is 44.1 Å². The summed E-state index contributed by atoms with van der Waals surface area (Å²) in [7, 11) is 0. The van der Waals surface area contributed by atoms with E-state index in [-0.39, 0.29) is 5.41 Å². The number of ketones is 1. The van der Waals surface area contributed by atoms with Crippen molar-refractivity contribution in [3.05, 3.63) is 30.1 Å². The molecule has 5 rings (SSSR count). The number of rotatable bonds is 5. The minimum Gasteiger partial charge on any atom is -0.298 e. The van der Waals surface area contributed by atoms with Crippen LogP contribution in [0.25, 0.3) is 0 Å². The first-order valence-corrected chi connectivity index (χ1v) is 9.39. The Bertz CT molecular complexity index is 492. The van der Waals surface area contributed by atoms with Gasteiger partial charge in [-0.15, -0.1) is 11.8 Å². The molecule has 0 saturated heterocycles. The largest absolute Gasteiger partial charge is 0.298 e. The van der Waals surface area contributed by atoms with Crippen molar-refractivity contribution in [1.82, 2.24) is 4.98 Å². The van der Waals surface area contributed by atoms with Crippen molar-refractivity contribution in [1.29, 1.82) is 0 Å². The van der Waals surface area contributed by atoms with Crippen LogP contribution >= 0.6 is 11.8 Å². The van der Waals surface area contributed by atoms with Gasteiger partial charge in [-0.1, -0.05) is 0 Å². The molecule has 0 spiro atoms. The molecule has 0 amide bonds. The maximum atomic E-state index is 12.9. The first kappa shape index (κ1) is 13.8. The Morgan fingerprint density at radius 2 is 1.67 bits per heavy atom. The summed E-state index contributed by atoms with van der Waals surface area (Å²) in [6.45, 7) is 0. The fraction of sp³-hybridized carbons (Fsp3) is 0.667. The molecule has 0 atom stereocenters. The van der Waals surface area contributed by atoms with Crippen molar-refractivity contribution in [2.24, 2.45) is 23.2 Å². The van der Waals surface area contributed by atoms with Crippen LogP contribution in [0, 0.1) is 23.2 Å². The number of nitrogens with zero attached hydrogens (tertiary/aromatic N) is 1. The average Bonchev–Trinajstić information content (AvgIpc) is 2.47. The number of hydrogen-bond acceptors (Lipinski definition) is 3. The van der Waals surface area contributed by atoms with Gasteiger partial charge in [-0.05, 0) is 74.0 Å². The maximum Gasteiger partial charge on any atom is 0.148 e. The van der Waals surface area contributed by atoms with Crippen LogP contribution in [0.5, 0.6) is 0 Å². The standard InChI is InChI=1S/C18H23NOS/c20-17(12-21-11-13-1-3-19-4-2-13)18-8-14-5-15(9-18)7-16(6-14)10-18/h1-4,14-16H,5-12H2. The number of carbonyl (C=O) groups excluding carboxylic acids is 1. The summed E-state index contributed by atoms with van der Waals surface area (Å²) in [5, 5.41) is 0. The zero-order chi connectivity index (χ0) is 14.3. The molecule has 4 saturated carbocycles. The van der Waals surface area contributed by atoms with Crippen LogP contribution in [-0.4, -0.2) is 16.5 Å². The van der Waals surface area contributed by atoms with Gasteiger partial charge in [-0.2, -0.15) is 0 Å². The number of carbonyl (C=O) groups is 1. The summed E-state index contributed by atoms with van der Waals surface area (Å²) in [6, 6.07) is 4.09. The zero-order valence-corrected chi connectivity index (χ0v) is 13.3. The van der Waals surface area contributed by atoms with E-state index >= 15 is 0 Å². The summed E-state index contributed by atoms with van der Waals surface area (Å²) in [4.78, 5) is 16.9. The van der Waals surface area contributed by atoms with Gasteiger partial charge in [0.1, 0.15) is 5.78 Å². The Morgan fingerprint density at radius 3 is 2.24 bits per heavy atom. The lowest BCUT2D eigenvalue weighted by atomic mass is 9.48. The van der Waals surface area contributed by atoms with Gasteiger partial charge < -0.3 is 0 Å². The predicted molar refractivity (Wildman–Crippen MR) is 86.0 cm³/mol. The molecule has 4 fully saturated rings. The zero-order valence-electron chi connectivity index (χ0n) is 12.5. The third kappa shape index (κ3) is 2.65. The molecule has 0 unspecified atom stereocenters. The lowest BCUT2D eigenvalue weighted by Crippen LogP contribution is -2.50. The highest BCUT2D eigenvalue weighted by molar-refractivity contribution is 7.99. The fourth-order valence-corrected chi connectivity index (χ4v) is 6.37. The fourth-order valence-electron chi connectivity index (χ4n) is 5.35. The molecule has 1 aromatic rings. The van der Waals surface area contributed by atoms with Crippen LogP contribution in [-0.2, 0) is 10.5 Å². The molecule has 2 nitrogen and oxygen atoms in total. The van der Waals surface area contributed by atoms with Gasteiger partial charge in [0.25, 0.3) is 0 Å². The van der Waals surface area contributed by atoms with E-state index in [1.54, 1.807) is 11.8 Å². The molecule has 3 heteroatoms. The van der Waals surface area contributed by atoms with Crippen molar-refractivity contribution in [3.63, 3.8) is 0 Å². The number of pyridine rings is 1. The van der Waals surface area contributed by atoms with Gasteiger partial charge in [0.15, 0.2) is 0 Å². The highest BCUT2D eigenvalue weighted by Crippen LogP contribution is 2.60. The second-order valence-electron chi connectivity index (χ2n) is 7.47. The van der Waals surface area contributed by atoms with E-state index in [1.807, 2.05) is 24.5 Å². The summed E-state index contributed by atoms with van der Waals surface area (Å²) < 4.78 is 0. The lowest BCUT2D eigenvalue weighted by molar-refractivity contribution is -0.141. The van der Waals surface area contributed by atoms with Crippen LogP contribution in [0.1, 0.15) is 44.1 Å². The molecule has 0 N–H and O–H groups in total. The van der Waals surface area contributed by atoms with E-state index in [4.69, 9.17) is 0 Å². The molecule has 0 aromatic carbocycles. The number of hydrogen-bond donors (Lipinski definition) is 0. The highest BCUT2D eigenvalue weighted by Gasteiger charge is 2.53. The van der Waals surface area contributed by atoms with Crippen LogP contribution in [0.2, 0.25) is 0 Å². The molecule has 4 aliphatic carbocycles. The Balaban J connectivity index is 1.37. The van der Waals surface area contributed by atoms with E-state index < -0.39 is 0 Å². The third-order valence-corrected chi connectivity index (χ3v) is 6.88. The van der Waals surface area contributed by atoms with Gasteiger partial charge >= 0.3 is 0 Å². The van der Waals surface area contributed by atoms with Crippen LogP contribution in [0.15, 0.2) is 24.5 Å². The van der Waals surface area contributed by atoms with E-state index in [9.17, 15) is 4.79 Å². The van der Waals surface area contributed by atoms with E-state index in [0.717, 1.165) is 23.5 Å². The minimum atomic E-state index is 0.0833.